The first kappa shape index (κ1) is 14.0. The van der Waals surface area contributed by atoms with Gasteiger partial charge in [0, 0.05) is 11.1 Å². The van der Waals surface area contributed by atoms with Gasteiger partial charge in [-0.2, -0.15) is 13.2 Å². The number of nitrogens with two attached hydrogens (primary N) is 1. The number of nitrogens with zero attached hydrogens (tertiary/aromatic N) is 1. The van der Waals surface area contributed by atoms with Crippen molar-refractivity contribution in [3.05, 3.63) is 64.1 Å². The lowest BCUT2D eigenvalue weighted by molar-refractivity contribution is -0.137. The van der Waals surface area contributed by atoms with E-state index >= 15 is 0 Å². The van der Waals surface area contributed by atoms with Gasteiger partial charge in [-0.15, -0.1) is 11.3 Å². The third kappa shape index (κ3) is 2.64. The Labute approximate surface area is 123 Å². The maximum Gasteiger partial charge on any atom is 0.443 e. The summed E-state index contributed by atoms with van der Waals surface area (Å²) in [7, 11) is 0. The average Bonchev–Trinajstić information content (AvgIpc) is 2.96. The van der Waals surface area contributed by atoms with Gasteiger partial charge in [0.15, 0.2) is 5.01 Å². The Morgan fingerprint density at radius 1 is 1.05 bits per heavy atom. The van der Waals surface area contributed by atoms with E-state index in [1.807, 2.05) is 42.5 Å². The number of hydrogen-bond acceptors (Lipinski definition) is 3. The molecule has 1 atom stereocenters. The van der Waals surface area contributed by atoms with E-state index in [0.717, 1.165) is 16.3 Å². The number of rotatable bonds is 2. The highest BCUT2D eigenvalue weighted by Gasteiger charge is 2.35. The van der Waals surface area contributed by atoms with Gasteiger partial charge in [0.25, 0.3) is 0 Å². The van der Waals surface area contributed by atoms with Gasteiger partial charge in [0.05, 0.1) is 6.04 Å². The van der Waals surface area contributed by atoms with Crippen molar-refractivity contribution in [2.45, 2.75) is 12.2 Å². The fourth-order valence-corrected chi connectivity index (χ4v) is 3.04. The normalized spacial score (nSPS) is 13.5. The zero-order valence-corrected chi connectivity index (χ0v) is 11.6. The molecule has 0 spiro atoms. The molecule has 21 heavy (non-hydrogen) atoms. The summed E-state index contributed by atoms with van der Waals surface area (Å²) in [5.41, 5.74) is 6.94. The van der Waals surface area contributed by atoms with Crippen molar-refractivity contribution in [1.82, 2.24) is 4.98 Å². The van der Waals surface area contributed by atoms with Crippen molar-refractivity contribution in [3.63, 3.8) is 0 Å². The van der Waals surface area contributed by atoms with Crippen LogP contribution >= 0.6 is 11.3 Å². The molecule has 0 aliphatic carbocycles. The standard InChI is InChI=1S/C15H11F3N2S/c16-15(17,18)14-20-8-12(21-14)13(19)11-7-3-5-9-4-1-2-6-10(9)11/h1-8,13H,19H2. The molecule has 2 nitrogen and oxygen atoms in total. The zero-order valence-electron chi connectivity index (χ0n) is 10.8. The summed E-state index contributed by atoms with van der Waals surface area (Å²) in [5.74, 6) is 0. The molecule has 0 bridgehead atoms. The van der Waals surface area contributed by atoms with Crippen LogP contribution in [0.1, 0.15) is 21.5 Å². The van der Waals surface area contributed by atoms with Crippen LogP contribution < -0.4 is 5.73 Å². The van der Waals surface area contributed by atoms with Crippen molar-refractivity contribution in [3.8, 4) is 0 Å². The highest BCUT2D eigenvalue weighted by molar-refractivity contribution is 7.11. The van der Waals surface area contributed by atoms with E-state index in [0.29, 0.717) is 16.2 Å². The quantitative estimate of drug-likeness (QED) is 0.764. The van der Waals surface area contributed by atoms with Crippen molar-refractivity contribution < 1.29 is 13.2 Å². The predicted octanol–water partition coefficient (Wildman–Crippen LogP) is 4.36. The fourth-order valence-electron chi connectivity index (χ4n) is 2.24. The molecular weight excluding hydrogens is 297 g/mol. The lowest BCUT2D eigenvalue weighted by Gasteiger charge is -2.12. The largest absolute Gasteiger partial charge is 0.443 e. The number of alkyl halides is 3. The summed E-state index contributed by atoms with van der Waals surface area (Å²) in [6.07, 6.45) is -3.22. The molecule has 0 fully saturated rings. The van der Waals surface area contributed by atoms with Gasteiger partial charge >= 0.3 is 6.18 Å². The van der Waals surface area contributed by atoms with E-state index < -0.39 is 17.2 Å². The minimum Gasteiger partial charge on any atom is -0.320 e. The number of halogens is 3. The molecule has 3 rings (SSSR count). The van der Waals surface area contributed by atoms with E-state index in [1.165, 1.54) is 6.20 Å². The van der Waals surface area contributed by atoms with Gasteiger partial charge in [-0.3, -0.25) is 0 Å². The first-order chi connectivity index (χ1) is 9.97. The van der Waals surface area contributed by atoms with Gasteiger partial charge in [0.1, 0.15) is 0 Å². The number of thiazole rings is 1. The van der Waals surface area contributed by atoms with E-state index in [-0.39, 0.29) is 0 Å². The molecular formula is C15H11F3N2S. The molecule has 2 aromatic carbocycles. The minimum atomic E-state index is -4.43. The van der Waals surface area contributed by atoms with Crippen molar-refractivity contribution >= 4 is 22.1 Å². The highest BCUT2D eigenvalue weighted by atomic mass is 32.1. The highest BCUT2D eigenvalue weighted by Crippen LogP contribution is 2.36. The van der Waals surface area contributed by atoms with Crippen LogP contribution in [0.5, 0.6) is 0 Å². The molecule has 2 N–H and O–H groups in total. The summed E-state index contributed by atoms with van der Waals surface area (Å²) >= 11 is 0.590. The lowest BCUT2D eigenvalue weighted by Crippen LogP contribution is -2.10. The number of hydrogen-bond donors (Lipinski definition) is 1. The Bertz CT molecular complexity index is 774. The van der Waals surface area contributed by atoms with Crippen LogP contribution in [-0.2, 0) is 6.18 Å². The molecule has 1 aromatic heterocycles. The third-order valence-electron chi connectivity index (χ3n) is 3.23. The van der Waals surface area contributed by atoms with E-state index in [9.17, 15) is 13.2 Å². The monoisotopic (exact) mass is 308 g/mol. The Morgan fingerprint density at radius 2 is 1.76 bits per heavy atom. The Balaban J connectivity index is 2.05. The van der Waals surface area contributed by atoms with E-state index in [1.54, 1.807) is 0 Å². The predicted molar refractivity (Wildman–Crippen MR) is 77.1 cm³/mol. The smallest absolute Gasteiger partial charge is 0.320 e. The molecule has 0 amide bonds. The van der Waals surface area contributed by atoms with Crippen molar-refractivity contribution in [2.24, 2.45) is 5.73 Å². The Kier molecular flexibility index (Phi) is 3.43. The van der Waals surface area contributed by atoms with Crippen LogP contribution in [0.4, 0.5) is 13.2 Å². The van der Waals surface area contributed by atoms with Crippen LogP contribution in [0, 0.1) is 0 Å². The fraction of sp³-hybridized carbons (Fsp3) is 0.133. The van der Waals surface area contributed by atoms with Gasteiger partial charge in [-0.25, -0.2) is 4.98 Å². The molecule has 0 radical (unpaired) electrons. The molecule has 1 unspecified atom stereocenters. The van der Waals surface area contributed by atoms with Crippen LogP contribution in [0.2, 0.25) is 0 Å². The van der Waals surface area contributed by atoms with Gasteiger partial charge in [-0.1, -0.05) is 42.5 Å². The number of benzene rings is 2. The molecule has 0 saturated carbocycles. The minimum absolute atomic E-state index is 0.402. The van der Waals surface area contributed by atoms with Crippen LogP contribution in [0.15, 0.2) is 48.7 Å². The maximum atomic E-state index is 12.6. The first-order valence-electron chi connectivity index (χ1n) is 6.23. The summed E-state index contributed by atoms with van der Waals surface area (Å²) in [6, 6.07) is 12.7. The van der Waals surface area contributed by atoms with Crippen LogP contribution in [0.25, 0.3) is 10.8 Å². The molecule has 108 valence electrons. The first-order valence-corrected chi connectivity index (χ1v) is 7.04. The second kappa shape index (κ2) is 5.13. The zero-order chi connectivity index (χ0) is 15.0. The molecule has 0 aliphatic heterocycles. The van der Waals surface area contributed by atoms with E-state index in [4.69, 9.17) is 5.73 Å². The van der Waals surface area contributed by atoms with Gasteiger partial charge in [-0.05, 0) is 16.3 Å². The summed E-state index contributed by atoms with van der Waals surface area (Å²) in [6.45, 7) is 0. The average molecular weight is 308 g/mol. The molecule has 3 aromatic rings. The van der Waals surface area contributed by atoms with Crippen molar-refractivity contribution in [2.75, 3.05) is 0 Å². The molecule has 6 heteroatoms. The molecule has 0 aliphatic rings. The Morgan fingerprint density at radius 3 is 2.48 bits per heavy atom. The summed E-state index contributed by atoms with van der Waals surface area (Å²) in [5, 5.41) is 1.08. The van der Waals surface area contributed by atoms with Crippen LogP contribution in [0.3, 0.4) is 0 Å². The second-order valence-electron chi connectivity index (χ2n) is 4.61. The number of aromatic nitrogens is 1. The SMILES string of the molecule is NC(c1cnc(C(F)(F)F)s1)c1cccc2ccccc12. The second-order valence-corrected chi connectivity index (χ2v) is 5.67. The van der Waals surface area contributed by atoms with Crippen LogP contribution in [-0.4, -0.2) is 4.98 Å². The topological polar surface area (TPSA) is 38.9 Å². The van der Waals surface area contributed by atoms with Gasteiger partial charge < -0.3 is 5.73 Å². The van der Waals surface area contributed by atoms with Crippen molar-refractivity contribution in [1.29, 1.82) is 0 Å². The lowest BCUT2D eigenvalue weighted by atomic mass is 9.99. The molecule has 1 heterocycles. The summed E-state index contributed by atoms with van der Waals surface area (Å²) < 4.78 is 37.9. The summed E-state index contributed by atoms with van der Waals surface area (Å²) in [4.78, 5) is 3.83. The van der Waals surface area contributed by atoms with Gasteiger partial charge in [0.2, 0.25) is 0 Å². The molecule has 0 saturated heterocycles. The maximum absolute atomic E-state index is 12.6. The third-order valence-corrected chi connectivity index (χ3v) is 4.36. The Hall–Kier alpha value is -1.92. The van der Waals surface area contributed by atoms with E-state index in [2.05, 4.69) is 4.98 Å². The number of fused-ring (bicyclic) bond motifs is 1.